The molecular weight excluding hydrogens is 248 g/mol. The minimum Gasteiger partial charge on any atom is -0.481 e. The number of hydrogen-bond acceptors (Lipinski definition) is 4. The molecular formula is C13H18N2O4. The molecule has 0 unspecified atom stereocenters. The maximum atomic E-state index is 10.9. The molecule has 0 aromatic heterocycles. The van der Waals surface area contributed by atoms with Gasteiger partial charge in [0.05, 0.1) is 11.3 Å². The van der Waals surface area contributed by atoms with E-state index >= 15 is 0 Å². The molecule has 1 atom stereocenters. The van der Waals surface area contributed by atoms with Crippen molar-refractivity contribution >= 4 is 11.7 Å². The van der Waals surface area contributed by atoms with Crippen LogP contribution in [0.25, 0.3) is 0 Å². The number of carboxylic acids is 1. The van der Waals surface area contributed by atoms with Crippen molar-refractivity contribution in [2.75, 3.05) is 0 Å². The van der Waals surface area contributed by atoms with Gasteiger partial charge in [0.1, 0.15) is 0 Å². The molecule has 0 radical (unpaired) electrons. The van der Waals surface area contributed by atoms with E-state index in [9.17, 15) is 14.9 Å². The molecule has 104 valence electrons. The Balaban J connectivity index is 2.74. The molecule has 1 aromatic rings. The van der Waals surface area contributed by atoms with Crippen LogP contribution in [-0.2, 0) is 11.3 Å². The molecule has 6 heteroatoms. The summed E-state index contributed by atoms with van der Waals surface area (Å²) in [5, 5.41) is 22.8. The van der Waals surface area contributed by atoms with Crippen LogP contribution in [0.2, 0.25) is 0 Å². The van der Waals surface area contributed by atoms with E-state index in [1.165, 1.54) is 6.07 Å². The number of carbonyl (C=O) groups is 1. The Hall–Kier alpha value is -1.95. The summed E-state index contributed by atoms with van der Waals surface area (Å²) < 4.78 is 0. The molecule has 2 N–H and O–H groups in total. The van der Waals surface area contributed by atoms with Gasteiger partial charge in [0.2, 0.25) is 0 Å². The molecule has 0 bridgehead atoms. The van der Waals surface area contributed by atoms with Gasteiger partial charge in [-0.05, 0) is 5.92 Å². The third kappa shape index (κ3) is 4.67. The zero-order valence-electron chi connectivity index (χ0n) is 11.0. The average Bonchev–Trinajstić information content (AvgIpc) is 2.34. The van der Waals surface area contributed by atoms with E-state index in [0.717, 1.165) is 0 Å². The molecule has 0 saturated carbocycles. The molecule has 0 fully saturated rings. The first-order valence-electron chi connectivity index (χ1n) is 6.09. The predicted octanol–water partition coefficient (Wildman–Crippen LogP) is 2.18. The maximum absolute atomic E-state index is 10.9. The number of nitrogens with zero attached hydrogens (tertiary/aromatic N) is 1. The van der Waals surface area contributed by atoms with Gasteiger partial charge in [0.15, 0.2) is 0 Å². The first-order valence-corrected chi connectivity index (χ1v) is 6.09. The summed E-state index contributed by atoms with van der Waals surface area (Å²) >= 11 is 0. The van der Waals surface area contributed by atoms with Gasteiger partial charge in [-0.25, -0.2) is 0 Å². The quantitative estimate of drug-likeness (QED) is 0.583. The Labute approximate surface area is 111 Å². The van der Waals surface area contributed by atoms with E-state index < -0.39 is 10.9 Å². The van der Waals surface area contributed by atoms with E-state index in [1.807, 2.05) is 13.8 Å². The largest absolute Gasteiger partial charge is 0.481 e. The van der Waals surface area contributed by atoms with Crippen LogP contribution in [0.3, 0.4) is 0 Å². The van der Waals surface area contributed by atoms with Crippen molar-refractivity contribution in [3.63, 3.8) is 0 Å². The van der Waals surface area contributed by atoms with Crippen molar-refractivity contribution in [1.29, 1.82) is 0 Å². The van der Waals surface area contributed by atoms with Crippen molar-refractivity contribution in [3.05, 3.63) is 39.9 Å². The number of para-hydroxylation sites is 1. The van der Waals surface area contributed by atoms with Crippen LogP contribution in [0.1, 0.15) is 25.8 Å². The van der Waals surface area contributed by atoms with Crippen molar-refractivity contribution in [1.82, 2.24) is 5.32 Å². The third-order valence-corrected chi connectivity index (χ3v) is 2.94. The summed E-state index contributed by atoms with van der Waals surface area (Å²) in [6.45, 7) is 4.12. The lowest BCUT2D eigenvalue weighted by molar-refractivity contribution is -0.385. The average molecular weight is 266 g/mol. The number of nitro benzene ring substituents is 1. The smallest absolute Gasteiger partial charge is 0.304 e. The molecule has 0 heterocycles. The number of carboxylic acid groups (broad SMARTS) is 1. The summed E-state index contributed by atoms with van der Waals surface area (Å²) in [6.07, 6.45) is -0.00169. The molecule has 19 heavy (non-hydrogen) atoms. The molecule has 0 aliphatic heterocycles. The monoisotopic (exact) mass is 266 g/mol. The van der Waals surface area contributed by atoms with E-state index in [0.29, 0.717) is 5.56 Å². The number of rotatable bonds is 7. The Morgan fingerprint density at radius 3 is 2.58 bits per heavy atom. The SMILES string of the molecule is CC(C)[C@H](CC(=O)O)NCc1ccccc1[N+](=O)[O-]. The highest BCUT2D eigenvalue weighted by Gasteiger charge is 2.18. The van der Waals surface area contributed by atoms with Crippen molar-refractivity contribution in [3.8, 4) is 0 Å². The fraction of sp³-hybridized carbons (Fsp3) is 0.462. The first kappa shape index (κ1) is 15.1. The fourth-order valence-electron chi connectivity index (χ4n) is 1.81. The van der Waals surface area contributed by atoms with Crippen LogP contribution in [0.5, 0.6) is 0 Å². The maximum Gasteiger partial charge on any atom is 0.304 e. The molecule has 0 amide bonds. The topological polar surface area (TPSA) is 92.5 Å². The van der Waals surface area contributed by atoms with Crippen LogP contribution in [0.4, 0.5) is 5.69 Å². The Morgan fingerprint density at radius 2 is 2.05 bits per heavy atom. The van der Waals surface area contributed by atoms with Crippen LogP contribution < -0.4 is 5.32 Å². The Morgan fingerprint density at radius 1 is 1.42 bits per heavy atom. The van der Waals surface area contributed by atoms with E-state index in [1.54, 1.807) is 18.2 Å². The summed E-state index contributed by atoms with van der Waals surface area (Å²) in [7, 11) is 0. The number of nitro groups is 1. The molecule has 0 spiro atoms. The molecule has 1 rings (SSSR count). The Kier molecular flexibility index (Phi) is 5.44. The second-order valence-corrected chi connectivity index (χ2v) is 4.72. The van der Waals surface area contributed by atoms with Gasteiger partial charge in [-0.1, -0.05) is 32.0 Å². The lowest BCUT2D eigenvalue weighted by Gasteiger charge is -2.20. The van der Waals surface area contributed by atoms with Gasteiger partial charge in [-0.3, -0.25) is 14.9 Å². The summed E-state index contributed by atoms with van der Waals surface area (Å²) in [5.41, 5.74) is 0.608. The number of nitrogens with one attached hydrogen (secondary N) is 1. The van der Waals surface area contributed by atoms with E-state index in [-0.39, 0.29) is 30.6 Å². The highest BCUT2D eigenvalue weighted by atomic mass is 16.6. The summed E-state index contributed by atoms with van der Waals surface area (Å²) in [6, 6.07) is 6.24. The Bertz CT molecular complexity index is 460. The van der Waals surface area contributed by atoms with Crippen LogP contribution >= 0.6 is 0 Å². The minimum absolute atomic E-state index is 0.00169. The second-order valence-electron chi connectivity index (χ2n) is 4.72. The molecule has 0 aliphatic rings. The zero-order valence-corrected chi connectivity index (χ0v) is 11.0. The van der Waals surface area contributed by atoms with E-state index in [4.69, 9.17) is 5.11 Å². The van der Waals surface area contributed by atoms with Crippen LogP contribution in [0, 0.1) is 16.0 Å². The second kappa shape index (κ2) is 6.84. The molecule has 0 aliphatic carbocycles. The van der Waals surface area contributed by atoms with Crippen LogP contribution in [-0.4, -0.2) is 22.0 Å². The fourth-order valence-corrected chi connectivity index (χ4v) is 1.81. The number of hydrogen-bond donors (Lipinski definition) is 2. The minimum atomic E-state index is -0.881. The summed E-state index contributed by atoms with van der Waals surface area (Å²) in [5.74, 6) is -0.743. The first-order chi connectivity index (χ1) is 8.91. The highest BCUT2D eigenvalue weighted by molar-refractivity contribution is 5.67. The number of aliphatic carboxylic acids is 1. The van der Waals surface area contributed by atoms with Crippen molar-refractivity contribution < 1.29 is 14.8 Å². The molecule has 0 saturated heterocycles. The van der Waals surface area contributed by atoms with Gasteiger partial charge in [0, 0.05) is 24.2 Å². The van der Waals surface area contributed by atoms with Crippen LogP contribution in [0.15, 0.2) is 24.3 Å². The molecule has 6 nitrogen and oxygen atoms in total. The zero-order chi connectivity index (χ0) is 14.4. The van der Waals surface area contributed by atoms with Gasteiger partial charge in [-0.15, -0.1) is 0 Å². The van der Waals surface area contributed by atoms with E-state index in [2.05, 4.69) is 5.32 Å². The highest BCUT2D eigenvalue weighted by Crippen LogP contribution is 2.18. The molecule has 1 aromatic carbocycles. The van der Waals surface area contributed by atoms with Crippen molar-refractivity contribution in [2.24, 2.45) is 5.92 Å². The standard InChI is InChI=1S/C13H18N2O4/c1-9(2)11(7-13(16)17)14-8-10-5-3-4-6-12(10)15(18)19/h3-6,9,11,14H,7-8H2,1-2H3,(H,16,17)/t11-/m0/s1. The van der Waals surface area contributed by atoms with Crippen molar-refractivity contribution in [2.45, 2.75) is 32.9 Å². The van der Waals surface area contributed by atoms with Gasteiger partial charge >= 0.3 is 5.97 Å². The predicted molar refractivity (Wildman–Crippen MR) is 70.8 cm³/mol. The van der Waals surface area contributed by atoms with Gasteiger partial charge in [-0.2, -0.15) is 0 Å². The normalized spacial score (nSPS) is 12.4. The summed E-state index contributed by atoms with van der Waals surface area (Å²) in [4.78, 5) is 21.2. The lowest BCUT2D eigenvalue weighted by Crippen LogP contribution is -2.35. The lowest BCUT2D eigenvalue weighted by atomic mass is 10.0. The van der Waals surface area contributed by atoms with Gasteiger partial charge < -0.3 is 10.4 Å². The number of benzene rings is 1. The van der Waals surface area contributed by atoms with Gasteiger partial charge in [0.25, 0.3) is 5.69 Å². The third-order valence-electron chi connectivity index (χ3n) is 2.94.